The van der Waals surface area contributed by atoms with E-state index in [1.54, 1.807) is 23.1 Å². The summed E-state index contributed by atoms with van der Waals surface area (Å²) < 4.78 is 1.66. The molecule has 2 saturated heterocycles. The van der Waals surface area contributed by atoms with E-state index in [-0.39, 0.29) is 5.91 Å². The van der Waals surface area contributed by atoms with E-state index in [2.05, 4.69) is 25.0 Å². The fourth-order valence-electron chi connectivity index (χ4n) is 5.25. The first-order valence-electron chi connectivity index (χ1n) is 12.2. The molecule has 0 saturated carbocycles. The monoisotopic (exact) mass is 468 g/mol. The van der Waals surface area contributed by atoms with Gasteiger partial charge in [-0.2, -0.15) is 0 Å². The third-order valence-corrected chi connectivity index (χ3v) is 7.03. The lowest BCUT2D eigenvalue weighted by Gasteiger charge is -2.28. The van der Waals surface area contributed by atoms with Crippen molar-refractivity contribution in [3.05, 3.63) is 60.7 Å². The summed E-state index contributed by atoms with van der Waals surface area (Å²) in [6, 6.07) is 9.67. The van der Waals surface area contributed by atoms with Gasteiger partial charge in [0.05, 0.1) is 22.5 Å². The summed E-state index contributed by atoms with van der Waals surface area (Å²) in [5.74, 6) is 0.440. The molecule has 178 valence electrons. The zero-order valence-corrected chi connectivity index (χ0v) is 19.5. The molecule has 0 radical (unpaired) electrons. The number of aromatic nitrogens is 5. The lowest BCUT2D eigenvalue weighted by Crippen LogP contribution is -2.42. The minimum Gasteiger partial charge on any atom is -0.382 e. The van der Waals surface area contributed by atoms with Crippen molar-refractivity contribution in [2.24, 2.45) is 0 Å². The summed E-state index contributed by atoms with van der Waals surface area (Å²) in [5, 5.41) is 4.42. The number of amides is 1. The number of nitrogens with zero attached hydrogens (tertiary/aromatic N) is 7. The Kier molecular flexibility index (Phi) is 5.61. The van der Waals surface area contributed by atoms with Crippen molar-refractivity contribution in [1.82, 2.24) is 34.4 Å². The van der Waals surface area contributed by atoms with Gasteiger partial charge >= 0.3 is 0 Å². The van der Waals surface area contributed by atoms with E-state index < -0.39 is 0 Å². The van der Waals surface area contributed by atoms with Gasteiger partial charge in [0.1, 0.15) is 0 Å². The van der Waals surface area contributed by atoms with Crippen molar-refractivity contribution in [1.29, 1.82) is 0 Å². The number of hydrogen-bond acceptors (Lipinski definition) is 7. The average molecular weight is 469 g/mol. The summed E-state index contributed by atoms with van der Waals surface area (Å²) in [7, 11) is 0. The van der Waals surface area contributed by atoms with Crippen LogP contribution in [0.5, 0.6) is 0 Å². The van der Waals surface area contributed by atoms with E-state index >= 15 is 0 Å². The van der Waals surface area contributed by atoms with Crippen LogP contribution >= 0.6 is 0 Å². The fraction of sp³-hybridized carbons (Fsp3) is 0.346. The van der Waals surface area contributed by atoms with Gasteiger partial charge in [0.2, 0.25) is 0 Å². The predicted molar refractivity (Wildman–Crippen MR) is 134 cm³/mol. The van der Waals surface area contributed by atoms with Crippen molar-refractivity contribution in [3.63, 3.8) is 0 Å². The van der Waals surface area contributed by atoms with Crippen molar-refractivity contribution in [2.45, 2.75) is 31.7 Å². The van der Waals surface area contributed by atoms with E-state index in [0.717, 1.165) is 56.0 Å². The summed E-state index contributed by atoms with van der Waals surface area (Å²) in [4.78, 5) is 31.3. The minimum atomic E-state index is 0.0687. The Balaban J connectivity index is 1.22. The predicted octanol–water partition coefficient (Wildman–Crippen LogP) is 3.14. The van der Waals surface area contributed by atoms with E-state index in [4.69, 9.17) is 5.73 Å². The normalized spacial score (nSPS) is 18.5. The smallest absolute Gasteiger partial charge is 0.255 e. The van der Waals surface area contributed by atoms with Crippen molar-refractivity contribution >= 4 is 17.4 Å². The molecule has 0 unspecified atom stereocenters. The second-order valence-corrected chi connectivity index (χ2v) is 9.32. The first-order chi connectivity index (χ1) is 17.2. The van der Waals surface area contributed by atoms with Crippen LogP contribution in [-0.2, 0) is 0 Å². The van der Waals surface area contributed by atoms with Crippen molar-refractivity contribution < 1.29 is 4.79 Å². The van der Waals surface area contributed by atoms with Crippen LogP contribution in [-0.4, -0.2) is 72.5 Å². The van der Waals surface area contributed by atoms with Gasteiger partial charge in [-0.25, -0.2) is 9.50 Å². The van der Waals surface area contributed by atoms with Crippen molar-refractivity contribution in [3.8, 4) is 22.5 Å². The number of anilines is 1. The van der Waals surface area contributed by atoms with Gasteiger partial charge in [-0.05, 0) is 63.0 Å². The topological polar surface area (TPSA) is 106 Å². The van der Waals surface area contributed by atoms with Crippen LogP contribution in [0.2, 0.25) is 0 Å². The molecular formula is C26H28N8O. The number of nitrogen functional groups attached to an aromatic ring is 1. The van der Waals surface area contributed by atoms with Gasteiger partial charge in [0.25, 0.3) is 5.91 Å². The van der Waals surface area contributed by atoms with Crippen LogP contribution in [0.15, 0.2) is 55.1 Å². The number of hydrogen-bond donors (Lipinski definition) is 1. The van der Waals surface area contributed by atoms with Crippen LogP contribution in [0.3, 0.4) is 0 Å². The molecule has 1 amide bonds. The van der Waals surface area contributed by atoms with Crippen LogP contribution in [0.1, 0.15) is 36.0 Å². The summed E-state index contributed by atoms with van der Waals surface area (Å²) in [6.45, 7) is 4.10. The third-order valence-electron chi connectivity index (χ3n) is 7.03. The molecule has 2 aliphatic rings. The maximum absolute atomic E-state index is 13.2. The third kappa shape index (κ3) is 4.12. The second kappa shape index (κ2) is 9.07. The Morgan fingerprint density at radius 2 is 1.86 bits per heavy atom. The molecule has 9 heteroatoms. The lowest BCUT2D eigenvalue weighted by atomic mass is 10.1. The molecule has 0 bridgehead atoms. The molecule has 1 atom stereocenters. The number of rotatable bonds is 5. The van der Waals surface area contributed by atoms with Gasteiger partial charge in [-0.15, -0.1) is 5.10 Å². The highest BCUT2D eigenvalue weighted by Gasteiger charge is 2.31. The molecule has 4 aromatic heterocycles. The average Bonchev–Trinajstić information content (AvgIpc) is 3.64. The van der Waals surface area contributed by atoms with E-state index in [9.17, 15) is 4.79 Å². The van der Waals surface area contributed by atoms with Crippen LogP contribution < -0.4 is 5.73 Å². The minimum absolute atomic E-state index is 0.0687. The molecule has 4 aromatic rings. The van der Waals surface area contributed by atoms with Gasteiger partial charge in [-0.1, -0.05) is 6.07 Å². The molecule has 35 heavy (non-hydrogen) atoms. The summed E-state index contributed by atoms with van der Waals surface area (Å²) in [6.07, 6.45) is 11.7. The zero-order valence-electron chi connectivity index (χ0n) is 19.5. The number of nitrogens with two attached hydrogens (primary N) is 1. The van der Waals surface area contributed by atoms with Crippen LogP contribution in [0, 0.1) is 0 Å². The zero-order chi connectivity index (χ0) is 23.8. The molecule has 2 fully saturated rings. The molecule has 6 rings (SSSR count). The van der Waals surface area contributed by atoms with E-state index in [1.165, 1.54) is 12.8 Å². The largest absolute Gasteiger partial charge is 0.382 e. The number of likely N-dealkylation sites (tertiary alicyclic amines) is 2. The SMILES string of the molecule is Nc1nn2cc(-c3ccc(C(=O)N4CCC[C@H]4CN4CCCC4)cn3)cnc2c1-c1ccccn1. The molecule has 9 nitrogen and oxygen atoms in total. The molecule has 0 aliphatic carbocycles. The van der Waals surface area contributed by atoms with Gasteiger partial charge in [-0.3, -0.25) is 14.8 Å². The quantitative estimate of drug-likeness (QED) is 0.480. The maximum Gasteiger partial charge on any atom is 0.255 e. The standard InChI is InChI=1S/C26H28N8O/c27-24-23(22-7-1-2-10-28-22)25-30-15-19(16-34(25)31-24)21-9-8-18(14-29-21)26(35)33-13-5-6-20(33)17-32-11-3-4-12-32/h1-2,7-10,14-16,20H,3-6,11-13,17H2,(H2,27,31)/t20-/m0/s1. The molecule has 2 N–H and O–H groups in total. The van der Waals surface area contributed by atoms with Crippen LogP contribution in [0.4, 0.5) is 5.82 Å². The fourth-order valence-corrected chi connectivity index (χ4v) is 5.25. The Morgan fingerprint density at radius 3 is 2.63 bits per heavy atom. The number of pyridine rings is 2. The number of carbonyl (C=O) groups is 1. The summed E-state index contributed by atoms with van der Waals surface area (Å²) >= 11 is 0. The first-order valence-corrected chi connectivity index (χ1v) is 12.2. The molecule has 6 heterocycles. The van der Waals surface area contributed by atoms with E-state index in [0.29, 0.717) is 28.6 Å². The Hall–Kier alpha value is -3.85. The summed E-state index contributed by atoms with van der Waals surface area (Å²) in [5.41, 5.74) is 10.4. The lowest BCUT2D eigenvalue weighted by molar-refractivity contribution is 0.0708. The molecule has 2 aliphatic heterocycles. The highest BCUT2D eigenvalue weighted by Crippen LogP contribution is 2.29. The molecule has 0 aromatic carbocycles. The first kappa shape index (κ1) is 21.7. The number of fused-ring (bicyclic) bond motifs is 1. The van der Waals surface area contributed by atoms with Gasteiger partial charge < -0.3 is 15.5 Å². The Labute approximate surface area is 203 Å². The highest BCUT2D eigenvalue weighted by molar-refractivity contribution is 5.94. The van der Waals surface area contributed by atoms with Gasteiger partial charge in [0.15, 0.2) is 11.5 Å². The van der Waals surface area contributed by atoms with Crippen LogP contribution in [0.25, 0.3) is 28.2 Å². The molecule has 0 spiro atoms. The van der Waals surface area contributed by atoms with Crippen molar-refractivity contribution in [2.75, 3.05) is 31.9 Å². The maximum atomic E-state index is 13.2. The second-order valence-electron chi connectivity index (χ2n) is 9.32. The van der Waals surface area contributed by atoms with Gasteiger partial charge in [0, 0.05) is 49.5 Å². The highest BCUT2D eigenvalue weighted by atomic mass is 16.2. The number of carbonyl (C=O) groups excluding carboxylic acids is 1. The molecular weight excluding hydrogens is 440 g/mol. The Morgan fingerprint density at radius 1 is 0.971 bits per heavy atom. The van der Waals surface area contributed by atoms with E-state index in [1.807, 2.05) is 41.4 Å². The Bertz CT molecular complexity index is 1350.